The highest BCUT2D eigenvalue weighted by molar-refractivity contribution is 9.10. The molecule has 1 N–H and O–H groups in total. The number of fused-ring (bicyclic) bond motifs is 3. The number of hydrogen-bond acceptors (Lipinski definition) is 5. The predicted octanol–water partition coefficient (Wildman–Crippen LogP) is 5.64. The molecule has 0 bridgehead atoms. The van der Waals surface area contributed by atoms with Crippen LogP contribution in [0.2, 0.25) is 5.02 Å². The molecule has 0 amide bonds. The van der Waals surface area contributed by atoms with Crippen LogP contribution < -0.4 is 4.74 Å². The zero-order valence-corrected chi connectivity index (χ0v) is 16.3. The number of halogens is 2. The molecule has 0 radical (unpaired) electrons. The fourth-order valence-corrected chi connectivity index (χ4v) is 4.14. The lowest BCUT2D eigenvalue weighted by atomic mass is 9.97. The highest BCUT2D eigenvalue weighted by Crippen LogP contribution is 2.49. The summed E-state index contributed by atoms with van der Waals surface area (Å²) in [5.74, 6) is 1.61. The molecule has 2 atom stereocenters. The van der Waals surface area contributed by atoms with Crippen molar-refractivity contribution in [1.82, 2.24) is 5.01 Å². The quantitative estimate of drug-likeness (QED) is 0.554. The van der Waals surface area contributed by atoms with Crippen LogP contribution in [0.15, 0.2) is 68.8 Å². The molecule has 5 rings (SSSR count). The zero-order valence-electron chi connectivity index (χ0n) is 14.0. The monoisotopic (exact) mass is 444 g/mol. The normalized spacial score (nSPS) is 20.7. The maximum absolute atomic E-state index is 10.4. The highest BCUT2D eigenvalue weighted by Gasteiger charge is 2.42. The molecule has 0 spiro atoms. The molecule has 2 aliphatic rings. The molecule has 0 saturated heterocycles. The van der Waals surface area contributed by atoms with E-state index in [0.717, 1.165) is 27.3 Å². The van der Waals surface area contributed by atoms with Gasteiger partial charge in [-0.25, -0.2) is 5.01 Å². The van der Waals surface area contributed by atoms with Crippen LogP contribution in [0.5, 0.6) is 11.5 Å². The number of furan rings is 1. The summed E-state index contributed by atoms with van der Waals surface area (Å²) in [4.78, 5) is 0. The van der Waals surface area contributed by atoms with Crippen molar-refractivity contribution in [2.45, 2.75) is 18.7 Å². The molecular weight excluding hydrogens is 432 g/mol. The highest BCUT2D eigenvalue weighted by atomic mass is 79.9. The van der Waals surface area contributed by atoms with E-state index in [4.69, 9.17) is 25.9 Å². The minimum atomic E-state index is -0.588. The first-order chi connectivity index (χ1) is 13.1. The summed E-state index contributed by atoms with van der Waals surface area (Å²) in [6, 6.07) is 14.5. The van der Waals surface area contributed by atoms with Crippen LogP contribution in [0.25, 0.3) is 0 Å². The molecule has 0 saturated carbocycles. The third-order valence-corrected chi connectivity index (χ3v) is 5.54. The average Bonchev–Trinajstić information content (AvgIpc) is 3.32. The second-order valence-corrected chi connectivity index (χ2v) is 7.83. The van der Waals surface area contributed by atoms with Crippen molar-refractivity contribution in [3.63, 3.8) is 0 Å². The number of nitrogens with zero attached hydrogens (tertiary/aromatic N) is 2. The van der Waals surface area contributed by atoms with E-state index in [-0.39, 0.29) is 11.8 Å². The molecule has 3 heterocycles. The molecule has 136 valence electrons. The molecule has 3 aromatic rings. The van der Waals surface area contributed by atoms with Crippen LogP contribution in [0, 0.1) is 0 Å². The predicted molar refractivity (Wildman–Crippen MR) is 105 cm³/mol. The van der Waals surface area contributed by atoms with Gasteiger partial charge in [-0.05, 0) is 48.5 Å². The standard InChI is InChI=1S/C20H14BrClN2O3/c21-11-3-6-18-13(8-11)16-10-15(19-2-1-7-26-19)23-24(16)20(27-18)14-9-12(22)4-5-17(14)25/h1-9,16,20,25H,10H2/t16-,20+/m1/s1. The van der Waals surface area contributed by atoms with Gasteiger partial charge in [0.05, 0.1) is 17.9 Å². The van der Waals surface area contributed by atoms with Gasteiger partial charge in [-0.1, -0.05) is 27.5 Å². The van der Waals surface area contributed by atoms with E-state index in [9.17, 15) is 5.11 Å². The van der Waals surface area contributed by atoms with E-state index >= 15 is 0 Å². The Morgan fingerprint density at radius 3 is 2.85 bits per heavy atom. The van der Waals surface area contributed by atoms with Gasteiger partial charge in [0, 0.05) is 21.5 Å². The Kier molecular flexibility index (Phi) is 3.91. The number of phenols is 1. The Morgan fingerprint density at radius 1 is 1.15 bits per heavy atom. The van der Waals surface area contributed by atoms with Gasteiger partial charge < -0.3 is 14.3 Å². The Labute approximate surface area is 168 Å². The number of hydrazone groups is 1. The molecule has 0 unspecified atom stereocenters. The van der Waals surface area contributed by atoms with Crippen molar-refractivity contribution in [3.05, 3.63) is 81.2 Å². The molecule has 0 fully saturated rings. The number of rotatable bonds is 2. The Balaban J connectivity index is 1.65. The summed E-state index contributed by atoms with van der Waals surface area (Å²) in [6.45, 7) is 0. The molecular formula is C20H14BrClN2O3. The van der Waals surface area contributed by atoms with E-state index in [2.05, 4.69) is 15.9 Å². The summed E-state index contributed by atoms with van der Waals surface area (Å²) >= 11 is 9.70. The minimum Gasteiger partial charge on any atom is -0.507 e. The van der Waals surface area contributed by atoms with E-state index in [0.29, 0.717) is 17.0 Å². The van der Waals surface area contributed by atoms with Gasteiger partial charge in [0.2, 0.25) is 6.23 Å². The van der Waals surface area contributed by atoms with Crippen molar-refractivity contribution in [2.75, 3.05) is 0 Å². The molecule has 5 nitrogen and oxygen atoms in total. The van der Waals surface area contributed by atoms with Crippen LogP contribution in [0.4, 0.5) is 0 Å². The van der Waals surface area contributed by atoms with Gasteiger partial charge >= 0.3 is 0 Å². The largest absolute Gasteiger partial charge is 0.507 e. The summed E-state index contributed by atoms with van der Waals surface area (Å²) in [5.41, 5.74) is 2.45. The molecule has 2 aromatic carbocycles. The molecule has 27 heavy (non-hydrogen) atoms. The Morgan fingerprint density at radius 2 is 2.04 bits per heavy atom. The van der Waals surface area contributed by atoms with Crippen molar-refractivity contribution in [1.29, 1.82) is 0 Å². The molecule has 0 aliphatic carbocycles. The van der Waals surface area contributed by atoms with Gasteiger partial charge in [0.25, 0.3) is 0 Å². The Bertz CT molecular complexity index is 1050. The van der Waals surface area contributed by atoms with Crippen molar-refractivity contribution >= 4 is 33.2 Å². The third-order valence-electron chi connectivity index (χ3n) is 4.81. The smallest absolute Gasteiger partial charge is 0.217 e. The van der Waals surface area contributed by atoms with Crippen LogP contribution in [0.3, 0.4) is 0 Å². The minimum absolute atomic E-state index is 0.0327. The summed E-state index contributed by atoms with van der Waals surface area (Å²) < 4.78 is 12.8. The topological polar surface area (TPSA) is 58.2 Å². The van der Waals surface area contributed by atoms with E-state index < -0.39 is 6.23 Å². The fourth-order valence-electron chi connectivity index (χ4n) is 3.58. The first-order valence-electron chi connectivity index (χ1n) is 8.44. The van der Waals surface area contributed by atoms with Crippen molar-refractivity contribution in [2.24, 2.45) is 5.10 Å². The maximum Gasteiger partial charge on any atom is 0.217 e. The van der Waals surface area contributed by atoms with Crippen molar-refractivity contribution < 1.29 is 14.3 Å². The fraction of sp³-hybridized carbons (Fsp3) is 0.150. The lowest BCUT2D eigenvalue weighted by molar-refractivity contribution is -0.0203. The van der Waals surface area contributed by atoms with Gasteiger partial charge in [-0.3, -0.25) is 0 Å². The summed E-state index contributed by atoms with van der Waals surface area (Å²) in [6.07, 6.45) is 1.73. The van der Waals surface area contributed by atoms with Crippen LogP contribution in [-0.4, -0.2) is 15.8 Å². The first-order valence-corrected chi connectivity index (χ1v) is 9.61. The first kappa shape index (κ1) is 16.7. The van der Waals surface area contributed by atoms with Crippen LogP contribution >= 0.6 is 27.5 Å². The van der Waals surface area contributed by atoms with Crippen LogP contribution in [0.1, 0.15) is 35.6 Å². The van der Waals surface area contributed by atoms with Gasteiger partial charge in [0.15, 0.2) is 0 Å². The SMILES string of the molecule is Oc1ccc(Cl)cc1[C@@H]1Oc2ccc(Br)cc2[C@H]2CC(c3ccco3)=NN21. The number of hydrogen-bond donors (Lipinski definition) is 1. The van der Waals surface area contributed by atoms with E-state index in [1.54, 1.807) is 24.5 Å². The van der Waals surface area contributed by atoms with E-state index in [1.165, 1.54) is 0 Å². The van der Waals surface area contributed by atoms with E-state index in [1.807, 2.05) is 35.3 Å². The summed E-state index contributed by atoms with van der Waals surface area (Å²) in [7, 11) is 0. The second kappa shape index (κ2) is 6.32. The number of ether oxygens (including phenoxy) is 1. The Hall–Kier alpha value is -2.44. The van der Waals surface area contributed by atoms with Crippen molar-refractivity contribution in [3.8, 4) is 11.5 Å². The van der Waals surface area contributed by atoms with Gasteiger partial charge in [-0.2, -0.15) is 5.10 Å². The van der Waals surface area contributed by atoms with Gasteiger partial charge in [0.1, 0.15) is 23.0 Å². The second-order valence-electron chi connectivity index (χ2n) is 6.48. The molecule has 2 aliphatic heterocycles. The lowest BCUT2D eigenvalue weighted by Crippen LogP contribution is -2.33. The number of benzene rings is 2. The molecule has 7 heteroatoms. The van der Waals surface area contributed by atoms with Gasteiger partial charge in [-0.15, -0.1) is 0 Å². The molecule has 1 aromatic heterocycles. The van der Waals surface area contributed by atoms with Crippen LogP contribution in [-0.2, 0) is 0 Å². The third kappa shape index (κ3) is 2.80. The maximum atomic E-state index is 10.4. The zero-order chi connectivity index (χ0) is 18.5. The lowest BCUT2D eigenvalue weighted by Gasteiger charge is -2.38. The average molecular weight is 446 g/mol. The number of phenolic OH excluding ortho intramolecular Hbond substituents is 1. The summed E-state index contributed by atoms with van der Waals surface area (Å²) in [5, 5.41) is 17.6. The number of aromatic hydroxyl groups is 1.